The van der Waals surface area contributed by atoms with E-state index >= 15 is 0 Å². The number of nitrogens with zero attached hydrogens (tertiary/aromatic N) is 1. The molecule has 0 bridgehead atoms. The normalized spacial score (nSPS) is 20.1. The summed E-state index contributed by atoms with van der Waals surface area (Å²) in [5.74, 6) is 0.128. The Morgan fingerprint density at radius 1 is 1.29 bits per heavy atom. The summed E-state index contributed by atoms with van der Waals surface area (Å²) in [6, 6.07) is 9.64. The largest absolute Gasteiger partial charge is 0.272 e. The molecule has 3 heteroatoms. The predicted molar refractivity (Wildman–Crippen MR) is 55.7 cm³/mol. The molecule has 1 aliphatic rings. The lowest BCUT2D eigenvalue weighted by molar-refractivity contribution is -0.123. The van der Waals surface area contributed by atoms with Gasteiger partial charge in [0.1, 0.15) is 0 Å². The van der Waals surface area contributed by atoms with Crippen molar-refractivity contribution in [2.75, 3.05) is 11.6 Å². The summed E-state index contributed by atoms with van der Waals surface area (Å²) in [6.07, 6.45) is 0. The molecule has 1 aromatic rings. The van der Waals surface area contributed by atoms with Crippen LogP contribution in [0.3, 0.4) is 0 Å². The Hall–Kier alpha value is -1.35. The van der Waals surface area contributed by atoms with Gasteiger partial charge in [-0.3, -0.25) is 4.79 Å². The Bertz CT molecular complexity index is 346. The number of carbonyl (C=O) groups excluding carboxylic acids is 1. The Kier molecular flexibility index (Phi) is 2.04. The quantitative estimate of drug-likeness (QED) is 0.729. The van der Waals surface area contributed by atoms with E-state index in [1.165, 1.54) is 0 Å². The van der Waals surface area contributed by atoms with Crippen molar-refractivity contribution in [2.45, 2.75) is 13.8 Å². The molecule has 1 aliphatic heterocycles. The minimum Gasteiger partial charge on any atom is -0.272 e. The maximum Gasteiger partial charge on any atom is 0.248 e. The molecule has 0 aromatic heterocycles. The number of carbonyl (C=O) groups is 1. The number of benzene rings is 1. The fraction of sp³-hybridized carbons (Fsp3) is 0.364. The smallest absolute Gasteiger partial charge is 0.248 e. The van der Waals surface area contributed by atoms with E-state index in [1.54, 1.807) is 5.01 Å². The molecule has 1 aromatic carbocycles. The van der Waals surface area contributed by atoms with Crippen LogP contribution in [-0.2, 0) is 4.79 Å². The Balaban J connectivity index is 2.27. The molecule has 1 N–H and O–H groups in total. The van der Waals surface area contributed by atoms with Gasteiger partial charge in [0.05, 0.1) is 11.1 Å². The van der Waals surface area contributed by atoms with E-state index in [4.69, 9.17) is 0 Å². The van der Waals surface area contributed by atoms with Gasteiger partial charge in [0.2, 0.25) is 5.91 Å². The summed E-state index contributed by atoms with van der Waals surface area (Å²) in [5.41, 5.74) is 3.71. The number of rotatable bonds is 1. The van der Waals surface area contributed by atoms with E-state index in [0.717, 1.165) is 5.69 Å². The maximum atomic E-state index is 11.9. The van der Waals surface area contributed by atoms with Crippen molar-refractivity contribution in [3.63, 3.8) is 0 Å². The average molecular weight is 190 g/mol. The molecule has 1 saturated heterocycles. The monoisotopic (exact) mass is 190 g/mol. The fourth-order valence-electron chi connectivity index (χ4n) is 1.51. The third-order valence-corrected chi connectivity index (χ3v) is 2.48. The van der Waals surface area contributed by atoms with Crippen molar-refractivity contribution in [3.8, 4) is 0 Å². The van der Waals surface area contributed by atoms with E-state index in [-0.39, 0.29) is 11.3 Å². The lowest BCUT2D eigenvalue weighted by Gasteiger charge is -2.17. The van der Waals surface area contributed by atoms with Crippen molar-refractivity contribution in [1.29, 1.82) is 0 Å². The SMILES string of the molecule is CC1(C)CNN(c2ccccc2)C1=O. The second-order valence-electron chi connectivity index (χ2n) is 4.19. The number of hydrogen-bond donors (Lipinski definition) is 1. The van der Waals surface area contributed by atoms with Crippen LogP contribution in [0.4, 0.5) is 5.69 Å². The van der Waals surface area contributed by atoms with Gasteiger partial charge >= 0.3 is 0 Å². The second kappa shape index (κ2) is 3.10. The molecular weight excluding hydrogens is 176 g/mol. The number of nitrogens with one attached hydrogen (secondary N) is 1. The minimum atomic E-state index is -0.296. The highest BCUT2D eigenvalue weighted by atomic mass is 16.2. The van der Waals surface area contributed by atoms with Gasteiger partial charge in [-0.15, -0.1) is 0 Å². The molecule has 14 heavy (non-hydrogen) atoms. The summed E-state index contributed by atoms with van der Waals surface area (Å²) in [6.45, 7) is 4.59. The fourth-order valence-corrected chi connectivity index (χ4v) is 1.51. The van der Waals surface area contributed by atoms with Gasteiger partial charge < -0.3 is 0 Å². The maximum absolute atomic E-state index is 11.9. The van der Waals surface area contributed by atoms with Crippen molar-refractivity contribution >= 4 is 11.6 Å². The number of amides is 1. The summed E-state index contributed by atoms with van der Waals surface area (Å²) >= 11 is 0. The van der Waals surface area contributed by atoms with Crippen molar-refractivity contribution in [2.24, 2.45) is 5.41 Å². The van der Waals surface area contributed by atoms with Crippen LogP contribution in [0.1, 0.15) is 13.8 Å². The second-order valence-corrected chi connectivity index (χ2v) is 4.19. The Morgan fingerprint density at radius 3 is 2.43 bits per heavy atom. The summed E-state index contributed by atoms with van der Waals surface area (Å²) in [4.78, 5) is 11.9. The van der Waals surface area contributed by atoms with Gasteiger partial charge in [-0.05, 0) is 26.0 Å². The van der Waals surface area contributed by atoms with E-state index in [0.29, 0.717) is 6.54 Å². The molecule has 0 unspecified atom stereocenters. The van der Waals surface area contributed by atoms with Crippen LogP contribution in [0.25, 0.3) is 0 Å². The highest BCUT2D eigenvalue weighted by Gasteiger charge is 2.39. The summed E-state index contributed by atoms with van der Waals surface area (Å²) in [5, 5.41) is 1.62. The lowest BCUT2D eigenvalue weighted by Crippen LogP contribution is -2.35. The van der Waals surface area contributed by atoms with Crippen LogP contribution < -0.4 is 10.4 Å². The van der Waals surface area contributed by atoms with Crippen molar-refractivity contribution in [1.82, 2.24) is 5.43 Å². The average Bonchev–Trinajstić information content (AvgIpc) is 2.44. The first-order valence-corrected chi connectivity index (χ1v) is 4.74. The van der Waals surface area contributed by atoms with Crippen LogP contribution in [0.2, 0.25) is 0 Å². The minimum absolute atomic E-state index is 0.128. The molecule has 74 valence electrons. The van der Waals surface area contributed by atoms with E-state index in [2.05, 4.69) is 5.43 Å². The zero-order valence-electron chi connectivity index (χ0n) is 8.45. The molecule has 1 heterocycles. The van der Waals surface area contributed by atoms with Gasteiger partial charge in [-0.1, -0.05) is 18.2 Å². The number of hydrogen-bond acceptors (Lipinski definition) is 2. The van der Waals surface area contributed by atoms with Crippen LogP contribution in [0.15, 0.2) is 30.3 Å². The molecule has 0 aliphatic carbocycles. The van der Waals surface area contributed by atoms with Crippen LogP contribution in [0, 0.1) is 5.41 Å². The molecule has 0 radical (unpaired) electrons. The first-order valence-electron chi connectivity index (χ1n) is 4.74. The van der Waals surface area contributed by atoms with E-state index < -0.39 is 0 Å². The predicted octanol–water partition coefficient (Wildman–Crippen LogP) is 1.56. The zero-order chi connectivity index (χ0) is 10.2. The molecule has 2 rings (SSSR count). The van der Waals surface area contributed by atoms with Crippen LogP contribution in [-0.4, -0.2) is 12.5 Å². The van der Waals surface area contributed by atoms with Gasteiger partial charge in [0, 0.05) is 6.54 Å². The Morgan fingerprint density at radius 2 is 1.93 bits per heavy atom. The van der Waals surface area contributed by atoms with Gasteiger partial charge in [-0.2, -0.15) is 0 Å². The van der Waals surface area contributed by atoms with Crippen LogP contribution in [0.5, 0.6) is 0 Å². The first-order chi connectivity index (χ1) is 6.61. The standard InChI is InChI=1S/C11H14N2O/c1-11(2)8-12-13(10(11)14)9-6-4-3-5-7-9/h3-7,12H,8H2,1-2H3. The van der Waals surface area contributed by atoms with Crippen LogP contribution >= 0.6 is 0 Å². The topological polar surface area (TPSA) is 32.3 Å². The van der Waals surface area contributed by atoms with E-state index in [9.17, 15) is 4.79 Å². The summed E-state index contributed by atoms with van der Waals surface area (Å²) in [7, 11) is 0. The summed E-state index contributed by atoms with van der Waals surface area (Å²) < 4.78 is 0. The number of hydrazine groups is 1. The van der Waals surface area contributed by atoms with Gasteiger partial charge in [0.25, 0.3) is 0 Å². The highest BCUT2D eigenvalue weighted by molar-refractivity contribution is 5.98. The van der Waals surface area contributed by atoms with E-state index in [1.807, 2.05) is 44.2 Å². The van der Waals surface area contributed by atoms with Crippen molar-refractivity contribution in [3.05, 3.63) is 30.3 Å². The highest BCUT2D eigenvalue weighted by Crippen LogP contribution is 2.26. The molecule has 3 nitrogen and oxygen atoms in total. The molecule has 0 saturated carbocycles. The third kappa shape index (κ3) is 1.40. The molecule has 0 spiro atoms. The third-order valence-electron chi connectivity index (χ3n) is 2.48. The molecule has 1 amide bonds. The number of anilines is 1. The van der Waals surface area contributed by atoms with Gasteiger partial charge in [0.15, 0.2) is 0 Å². The van der Waals surface area contributed by atoms with Crippen molar-refractivity contribution < 1.29 is 4.79 Å². The lowest BCUT2D eigenvalue weighted by atomic mass is 9.94. The van der Waals surface area contributed by atoms with Gasteiger partial charge in [-0.25, -0.2) is 10.4 Å². The molecule has 0 atom stereocenters. The molecular formula is C11H14N2O. The Labute approximate surface area is 83.7 Å². The number of para-hydroxylation sites is 1. The first kappa shape index (κ1) is 9.21. The molecule has 1 fully saturated rings. The zero-order valence-corrected chi connectivity index (χ0v) is 8.45.